The van der Waals surface area contributed by atoms with Crippen molar-refractivity contribution in [3.05, 3.63) is 41.6 Å². The Morgan fingerprint density at radius 2 is 1.65 bits per heavy atom. The minimum atomic E-state index is -0.827. The number of pyridine rings is 1. The third-order valence-corrected chi connectivity index (χ3v) is 6.61. The predicted molar refractivity (Wildman–Crippen MR) is 88.5 cm³/mol. The van der Waals surface area contributed by atoms with Gasteiger partial charge in [-0.2, -0.15) is 0 Å². The van der Waals surface area contributed by atoms with Gasteiger partial charge in [0.1, 0.15) is 0 Å². The zero-order valence-corrected chi connectivity index (χ0v) is 13.1. The second-order valence-electron chi connectivity index (χ2n) is 7.86. The fraction of sp³-hybridized carbons (Fsp3) is 0.500. The van der Waals surface area contributed by atoms with Crippen molar-refractivity contribution in [2.24, 2.45) is 23.7 Å². The summed E-state index contributed by atoms with van der Waals surface area (Å²) in [6.45, 7) is 0. The summed E-state index contributed by atoms with van der Waals surface area (Å²) in [5.41, 5.74) is 2.44. The summed E-state index contributed by atoms with van der Waals surface area (Å²) in [6.07, 6.45) is 8.20. The van der Waals surface area contributed by atoms with Gasteiger partial charge < -0.3 is 5.11 Å². The zero-order valence-electron chi connectivity index (χ0n) is 13.1. The van der Waals surface area contributed by atoms with Crippen molar-refractivity contribution < 1.29 is 9.90 Å². The molecule has 1 N–H and O–H groups in total. The van der Waals surface area contributed by atoms with E-state index < -0.39 is 5.97 Å². The van der Waals surface area contributed by atoms with Crippen LogP contribution in [0.4, 0.5) is 0 Å². The summed E-state index contributed by atoms with van der Waals surface area (Å²) in [7, 11) is 0. The molecule has 4 saturated carbocycles. The van der Waals surface area contributed by atoms with E-state index in [2.05, 4.69) is 11.1 Å². The van der Waals surface area contributed by atoms with Gasteiger partial charge in [0.25, 0.3) is 0 Å². The maximum absolute atomic E-state index is 11.9. The number of para-hydroxylation sites is 1. The third-order valence-electron chi connectivity index (χ3n) is 6.61. The molecular weight excluding hydrogens is 286 g/mol. The van der Waals surface area contributed by atoms with Crippen molar-refractivity contribution in [2.45, 2.75) is 38.0 Å². The summed E-state index contributed by atoms with van der Waals surface area (Å²) in [6, 6.07) is 8.06. The Bertz CT molecular complexity index is 769. The Labute approximate surface area is 135 Å². The van der Waals surface area contributed by atoms with Crippen molar-refractivity contribution in [3.63, 3.8) is 0 Å². The van der Waals surface area contributed by atoms with Crippen molar-refractivity contribution in [1.82, 2.24) is 4.98 Å². The molecule has 4 aliphatic rings. The first-order valence-electron chi connectivity index (χ1n) is 8.81. The van der Waals surface area contributed by atoms with Crippen LogP contribution in [-0.4, -0.2) is 16.1 Å². The van der Waals surface area contributed by atoms with Gasteiger partial charge in [0.15, 0.2) is 0 Å². The standard InChI is InChI=1S/C20H21NO2/c22-20(23)16-10-21-17-4-2-1-3-15(17)19(16)18-13-6-11-5-12(8-13)9-14(18)7-11/h1-4,10-14,18H,5-9H2,(H,22,23). The van der Waals surface area contributed by atoms with Crippen LogP contribution >= 0.6 is 0 Å². The molecule has 4 bridgehead atoms. The van der Waals surface area contributed by atoms with Crippen LogP contribution in [0.25, 0.3) is 10.9 Å². The maximum Gasteiger partial charge on any atom is 0.337 e. The highest BCUT2D eigenvalue weighted by Gasteiger charge is 2.49. The number of benzene rings is 1. The molecule has 1 heterocycles. The van der Waals surface area contributed by atoms with Gasteiger partial charge in [-0.3, -0.25) is 4.98 Å². The van der Waals surface area contributed by atoms with E-state index in [9.17, 15) is 9.90 Å². The first kappa shape index (κ1) is 13.5. The second-order valence-corrected chi connectivity index (χ2v) is 7.86. The fourth-order valence-corrected chi connectivity index (χ4v) is 6.09. The topological polar surface area (TPSA) is 50.2 Å². The molecule has 0 atom stereocenters. The van der Waals surface area contributed by atoms with Gasteiger partial charge in [-0.05, 0) is 73.3 Å². The molecule has 1 aromatic heterocycles. The number of carbonyl (C=O) groups is 1. The highest BCUT2D eigenvalue weighted by Crippen LogP contribution is 2.60. The van der Waals surface area contributed by atoms with Crippen LogP contribution in [-0.2, 0) is 0 Å². The monoisotopic (exact) mass is 307 g/mol. The van der Waals surface area contributed by atoms with Crippen LogP contribution in [0.3, 0.4) is 0 Å². The van der Waals surface area contributed by atoms with Crippen LogP contribution in [0.5, 0.6) is 0 Å². The lowest BCUT2D eigenvalue weighted by molar-refractivity contribution is -0.00269. The van der Waals surface area contributed by atoms with E-state index in [1.807, 2.05) is 18.2 Å². The van der Waals surface area contributed by atoms with Crippen molar-refractivity contribution in [2.75, 3.05) is 0 Å². The summed E-state index contributed by atoms with van der Waals surface area (Å²) in [5.74, 6) is 2.74. The number of hydrogen-bond donors (Lipinski definition) is 1. The Kier molecular flexibility index (Phi) is 2.82. The van der Waals surface area contributed by atoms with Crippen LogP contribution in [0, 0.1) is 23.7 Å². The van der Waals surface area contributed by atoms with Gasteiger partial charge in [-0.1, -0.05) is 18.2 Å². The molecule has 1 aromatic carbocycles. The normalized spacial score (nSPS) is 34.9. The summed E-state index contributed by atoms with van der Waals surface area (Å²) in [4.78, 5) is 16.3. The van der Waals surface area contributed by atoms with E-state index in [4.69, 9.17) is 0 Å². The number of aromatic carboxylic acids is 1. The Balaban J connectivity index is 1.72. The van der Waals surface area contributed by atoms with E-state index in [0.717, 1.165) is 28.3 Å². The van der Waals surface area contributed by atoms with Gasteiger partial charge in [0.2, 0.25) is 0 Å². The first-order chi connectivity index (χ1) is 11.2. The second kappa shape index (κ2) is 4.80. The van der Waals surface area contributed by atoms with E-state index in [0.29, 0.717) is 23.3 Å². The summed E-state index contributed by atoms with van der Waals surface area (Å²) < 4.78 is 0. The average molecular weight is 307 g/mol. The van der Waals surface area contributed by atoms with Crippen molar-refractivity contribution in [1.29, 1.82) is 0 Å². The Morgan fingerprint density at radius 1 is 1.00 bits per heavy atom. The molecule has 0 aliphatic heterocycles. The largest absolute Gasteiger partial charge is 0.478 e. The highest BCUT2D eigenvalue weighted by atomic mass is 16.4. The lowest BCUT2D eigenvalue weighted by atomic mass is 9.50. The molecule has 23 heavy (non-hydrogen) atoms. The number of carboxylic acid groups (broad SMARTS) is 1. The van der Waals surface area contributed by atoms with Gasteiger partial charge in [-0.15, -0.1) is 0 Å². The number of hydrogen-bond acceptors (Lipinski definition) is 2. The fourth-order valence-electron chi connectivity index (χ4n) is 6.09. The minimum Gasteiger partial charge on any atom is -0.478 e. The first-order valence-corrected chi connectivity index (χ1v) is 8.81. The van der Waals surface area contributed by atoms with Crippen molar-refractivity contribution in [3.8, 4) is 0 Å². The van der Waals surface area contributed by atoms with Crippen LogP contribution in [0.2, 0.25) is 0 Å². The molecule has 4 aliphatic carbocycles. The van der Waals surface area contributed by atoms with Gasteiger partial charge in [0, 0.05) is 11.6 Å². The number of nitrogens with zero attached hydrogens (tertiary/aromatic N) is 1. The number of aromatic nitrogens is 1. The third kappa shape index (κ3) is 1.95. The van der Waals surface area contributed by atoms with Crippen molar-refractivity contribution >= 4 is 16.9 Å². The van der Waals surface area contributed by atoms with E-state index in [1.165, 1.54) is 32.1 Å². The van der Waals surface area contributed by atoms with E-state index >= 15 is 0 Å². The summed E-state index contributed by atoms with van der Waals surface area (Å²) in [5, 5.41) is 10.8. The molecule has 0 spiro atoms. The predicted octanol–water partition coefficient (Wildman–Crippen LogP) is 4.47. The van der Waals surface area contributed by atoms with E-state index in [-0.39, 0.29) is 0 Å². The zero-order chi connectivity index (χ0) is 15.6. The Hall–Kier alpha value is -1.90. The highest BCUT2D eigenvalue weighted by molar-refractivity contribution is 5.96. The molecule has 6 rings (SSSR count). The molecule has 118 valence electrons. The van der Waals surface area contributed by atoms with Crippen LogP contribution in [0.15, 0.2) is 30.5 Å². The number of fused-ring (bicyclic) bond motifs is 1. The molecule has 0 amide bonds. The lowest BCUT2D eigenvalue weighted by Gasteiger charge is -2.55. The SMILES string of the molecule is O=C(O)c1cnc2ccccc2c1C1C2CC3CC(C2)CC1C3. The molecule has 4 fully saturated rings. The number of rotatable bonds is 2. The average Bonchev–Trinajstić information content (AvgIpc) is 2.53. The van der Waals surface area contributed by atoms with Gasteiger partial charge in [-0.25, -0.2) is 4.79 Å². The minimum absolute atomic E-state index is 0.418. The Morgan fingerprint density at radius 3 is 2.30 bits per heavy atom. The molecule has 2 aromatic rings. The van der Waals surface area contributed by atoms with Gasteiger partial charge >= 0.3 is 5.97 Å². The molecular formula is C20H21NO2. The molecule has 0 unspecified atom stereocenters. The van der Waals surface area contributed by atoms with Crippen LogP contribution < -0.4 is 0 Å². The smallest absolute Gasteiger partial charge is 0.337 e. The summed E-state index contributed by atoms with van der Waals surface area (Å²) >= 11 is 0. The molecule has 3 nitrogen and oxygen atoms in total. The molecule has 0 radical (unpaired) electrons. The van der Waals surface area contributed by atoms with Crippen LogP contribution in [0.1, 0.15) is 53.9 Å². The quantitative estimate of drug-likeness (QED) is 0.890. The van der Waals surface area contributed by atoms with E-state index in [1.54, 1.807) is 6.20 Å². The maximum atomic E-state index is 11.9. The lowest BCUT2D eigenvalue weighted by Crippen LogP contribution is -2.44. The molecule has 0 saturated heterocycles. The van der Waals surface area contributed by atoms with Gasteiger partial charge in [0.05, 0.1) is 11.1 Å². The molecule has 3 heteroatoms. The number of carboxylic acids is 1.